The van der Waals surface area contributed by atoms with Gasteiger partial charge in [-0.25, -0.2) is 14.4 Å². The number of esters is 1. The molecule has 1 aliphatic heterocycles. The second kappa shape index (κ2) is 9.95. The molecule has 2 rings (SSSR count). The lowest BCUT2D eigenvalue weighted by molar-refractivity contribution is -0.143. The smallest absolute Gasteiger partial charge is 0.338 e. The monoisotopic (exact) mass is 402 g/mol. The number of benzene rings is 1. The summed E-state index contributed by atoms with van der Waals surface area (Å²) >= 11 is 0. The van der Waals surface area contributed by atoms with Crippen molar-refractivity contribution in [2.45, 2.75) is 52.7 Å². The number of unbranched alkanes of at least 4 members (excludes halogenated alkanes) is 1. The number of nitrogens with zero attached hydrogens (tertiary/aromatic N) is 1. The van der Waals surface area contributed by atoms with E-state index < -0.39 is 12.0 Å². The van der Waals surface area contributed by atoms with Crippen molar-refractivity contribution in [3.05, 3.63) is 41.1 Å². The number of ether oxygens (including phenoxy) is 1. The average Bonchev–Trinajstić information content (AvgIpc) is 2.65. The molecule has 1 heterocycles. The summed E-state index contributed by atoms with van der Waals surface area (Å²) in [4.78, 5) is 38.5. The number of urea groups is 2. The Morgan fingerprint density at radius 3 is 2.69 bits per heavy atom. The Labute approximate surface area is 171 Å². The molecular weight excluding hydrogens is 372 g/mol. The van der Waals surface area contributed by atoms with E-state index in [0.717, 1.165) is 12.8 Å². The van der Waals surface area contributed by atoms with E-state index in [4.69, 9.17) is 4.74 Å². The summed E-state index contributed by atoms with van der Waals surface area (Å²) in [6, 6.07) is 5.77. The third kappa shape index (κ3) is 5.73. The average molecular weight is 402 g/mol. The zero-order valence-corrected chi connectivity index (χ0v) is 17.7. The lowest BCUT2D eigenvalue weighted by Crippen LogP contribution is -2.46. The summed E-state index contributed by atoms with van der Waals surface area (Å²) in [5, 5.41) is 8.41. The van der Waals surface area contributed by atoms with Gasteiger partial charge in [-0.15, -0.1) is 0 Å². The Hall–Kier alpha value is -3.03. The predicted molar refractivity (Wildman–Crippen MR) is 111 cm³/mol. The maximum Gasteiger partial charge on any atom is 0.338 e. The molecule has 0 saturated heterocycles. The van der Waals surface area contributed by atoms with Gasteiger partial charge in [-0.05, 0) is 44.9 Å². The maximum absolute atomic E-state index is 12.7. The van der Waals surface area contributed by atoms with Crippen molar-refractivity contribution in [1.82, 2.24) is 15.5 Å². The molecule has 1 atom stereocenters. The zero-order valence-electron chi connectivity index (χ0n) is 17.7. The first-order chi connectivity index (χ1) is 13.7. The van der Waals surface area contributed by atoms with Crippen LogP contribution < -0.4 is 16.0 Å². The molecule has 0 unspecified atom stereocenters. The summed E-state index contributed by atoms with van der Waals surface area (Å²) in [5.41, 5.74) is 2.14. The number of amides is 4. The molecular formula is C21H30N4O4. The fourth-order valence-corrected chi connectivity index (χ4v) is 2.98. The molecule has 1 aromatic rings. The van der Waals surface area contributed by atoms with Gasteiger partial charge in [0.25, 0.3) is 0 Å². The van der Waals surface area contributed by atoms with Gasteiger partial charge in [-0.1, -0.05) is 25.5 Å². The molecule has 0 saturated carbocycles. The van der Waals surface area contributed by atoms with E-state index in [1.807, 2.05) is 0 Å². The highest BCUT2D eigenvalue weighted by Gasteiger charge is 2.35. The van der Waals surface area contributed by atoms with E-state index >= 15 is 0 Å². The van der Waals surface area contributed by atoms with Gasteiger partial charge in [0.15, 0.2) is 0 Å². The second-order valence-electron chi connectivity index (χ2n) is 7.25. The van der Waals surface area contributed by atoms with E-state index in [1.54, 1.807) is 52.1 Å². The molecule has 0 aromatic heterocycles. The summed E-state index contributed by atoms with van der Waals surface area (Å²) in [5.74, 6) is -0.481. The van der Waals surface area contributed by atoms with Crippen molar-refractivity contribution in [3.63, 3.8) is 0 Å². The van der Waals surface area contributed by atoms with Crippen LogP contribution in [0.15, 0.2) is 35.5 Å². The quantitative estimate of drug-likeness (QED) is 0.480. The molecule has 4 amide bonds. The molecule has 3 N–H and O–H groups in total. The van der Waals surface area contributed by atoms with E-state index in [9.17, 15) is 14.4 Å². The van der Waals surface area contributed by atoms with Gasteiger partial charge in [0, 0.05) is 25.0 Å². The summed E-state index contributed by atoms with van der Waals surface area (Å²) < 4.78 is 5.39. The van der Waals surface area contributed by atoms with Crippen molar-refractivity contribution < 1.29 is 19.1 Å². The summed E-state index contributed by atoms with van der Waals surface area (Å²) in [6.07, 6.45) is 1.61. The van der Waals surface area contributed by atoms with Gasteiger partial charge in [0.1, 0.15) is 0 Å². The SMILES string of the molecule is CCCCNC(=O)Nc1cccc([C@@H]2NC(=O)N(C)C(C)=C2C(=O)OC(C)C)c1. The number of carbonyl (C=O) groups excluding carboxylic acids is 3. The van der Waals surface area contributed by atoms with Crippen molar-refractivity contribution in [1.29, 1.82) is 0 Å². The van der Waals surface area contributed by atoms with Gasteiger partial charge in [-0.3, -0.25) is 0 Å². The topological polar surface area (TPSA) is 99.8 Å². The Morgan fingerprint density at radius 2 is 2.03 bits per heavy atom. The van der Waals surface area contributed by atoms with Crippen LogP contribution in [0.1, 0.15) is 52.1 Å². The molecule has 1 aliphatic rings. The number of rotatable bonds is 7. The predicted octanol–water partition coefficient (Wildman–Crippen LogP) is 3.53. The van der Waals surface area contributed by atoms with Crippen LogP contribution in [0.4, 0.5) is 15.3 Å². The highest BCUT2D eigenvalue weighted by molar-refractivity contribution is 5.95. The molecule has 8 heteroatoms. The van der Waals surface area contributed by atoms with E-state index in [2.05, 4.69) is 22.9 Å². The zero-order chi connectivity index (χ0) is 21.6. The van der Waals surface area contributed by atoms with Crippen molar-refractivity contribution in [3.8, 4) is 0 Å². The van der Waals surface area contributed by atoms with Crippen LogP contribution in [0.25, 0.3) is 0 Å². The fraction of sp³-hybridized carbons (Fsp3) is 0.476. The van der Waals surface area contributed by atoms with Crippen LogP contribution >= 0.6 is 0 Å². The number of hydrogen-bond acceptors (Lipinski definition) is 4. The molecule has 8 nitrogen and oxygen atoms in total. The summed E-state index contributed by atoms with van der Waals surface area (Å²) in [6.45, 7) is 7.91. The van der Waals surface area contributed by atoms with Gasteiger partial charge < -0.3 is 25.6 Å². The van der Waals surface area contributed by atoms with Crippen molar-refractivity contribution >= 4 is 23.7 Å². The highest BCUT2D eigenvalue weighted by Crippen LogP contribution is 2.32. The van der Waals surface area contributed by atoms with E-state index in [-0.39, 0.29) is 18.2 Å². The molecule has 29 heavy (non-hydrogen) atoms. The Kier molecular flexibility index (Phi) is 7.64. The first-order valence-electron chi connectivity index (χ1n) is 9.85. The number of anilines is 1. The van der Waals surface area contributed by atoms with Crippen LogP contribution in [-0.2, 0) is 9.53 Å². The maximum atomic E-state index is 12.7. The molecule has 1 aromatic carbocycles. The third-order valence-electron chi connectivity index (χ3n) is 4.61. The number of hydrogen-bond donors (Lipinski definition) is 3. The van der Waals surface area contributed by atoms with Crippen LogP contribution in [-0.4, -0.2) is 42.6 Å². The van der Waals surface area contributed by atoms with Gasteiger partial charge in [0.05, 0.1) is 17.7 Å². The first kappa shape index (κ1) is 22.3. The van der Waals surface area contributed by atoms with Gasteiger partial charge in [0.2, 0.25) is 0 Å². The van der Waals surface area contributed by atoms with Crippen LogP contribution in [0, 0.1) is 0 Å². The Morgan fingerprint density at radius 1 is 1.31 bits per heavy atom. The highest BCUT2D eigenvalue weighted by atomic mass is 16.5. The van der Waals surface area contributed by atoms with Crippen LogP contribution in [0.3, 0.4) is 0 Å². The standard InChI is InChI=1S/C21H30N4O4/c1-6-7-11-22-20(27)23-16-10-8-9-15(12-16)18-17(19(26)29-13(2)3)14(4)25(5)21(28)24-18/h8-10,12-13,18H,6-7,11H2,1-5H3,(H,24,28)(H2,22,23,27)/t18-/m0/s1. The number of carbonyl (C=O) groups is 3. The first-order valence-corrected chi connectivity index (χ1v) is 9.85. The lowest BCUT2D eigenvalue weighted by Gasteiger charge is -2.33. The number of nitrogens with one attached hydrogen (secondary N) is 3. The van der Waals surface area contributed by atoms with Gasteiger partial charge in [-0.2, -0.15) is 0 Å². The third-order valence-corrected chi connectivity index (χ3v) is 4.61. The van der Waals surface area contributed by atoms with E-state index in [0.29, 0.717) is 29.1 Å². The Balaban J connectivity index is 2.29. The lowest BCUT2D eigenvalue weighted by atomic mass is 9.94. The molecule has 158 valence electrons. The minimum Gasteiger partial charge on any atom is -0.459 e. The molecule has 0 radical (unpaired) electrons. The van der Waals surface area contributed by atoms with Crippen LogP contribution in [0.2, 0.25) is 0 Å². The minimum absolute atomic E-state index is 0.286. The molecule has 0 bridgehead atoms. The molecule has 0 fully saturated rings. The molecule has 0 aliphatic carbocycles. The normalized spacial score (nSPS) is 16.6. The van der Waals surface area contributed by atoms with Crippen LogP contribution in [0.5, 0.6) is 0 Å². The largest absolute Gasteiger partial charge is 0.459 e. The van der Waals surface area contributed by atoms with Gasteiger partial charge >= 0.3 is 18.0 Å². The second-order valence-corrected chi connectivity index (χ2v) is 7.25. The Bertz CT molecular complexity index is 804. The number of allylic oxidation sites excluding steroid dienone is 1. The fourth-order valence-electron chi connectivity index (χ4n) is 2.98. The van der Waals surface area contributed by atoms with Crippen molar-refractivity contribution in [2.24, 2.45) is 0 Å². The van der Waals surface area contributed by atoms with Crippen molar-refractivity contribution in [2.75, 3.05) is 18.9 Å². The summed E-state index contributed by atoms with van der Waals surface area (Å²) in [7, 11) is 1.60. The molecule has 0 spiro atoms. The minimum atomic E-state index is -0.671. The van der Waals surface area contributed by atoms with E-state index in [1.165, 1.54) is 4.90 Å².